The van der Waals surface area contributed by atoms with Crippen LogP contribution in [0.3, 0.4) is 0 Å². The highest BCUT2D eigenvalue weighted by Crippen LogP contribution is 2.31. The van der Waals surface area contributed by atoms with Crippen molar-refractivity contribution in [2.45, 2.75) is 65.7 Å². The van der Waals surface area contributed by atoms with Gasteiger partial charge < -0.3 is 14.2 Å². The second-order valence-corrected chi connectivity index (χ2v) is 10.8. The van der Waals surface area contributed by atoms with Crippen molar-refractivity contribution in [1.29, 1.82) is 0 Å². The fraction of sp³-hybridized carbons (Fsp3) is 0.394. The number of halogens is 2. The molecule has 3 aromatic rings. The fourth-order valence-electron chi connectivity index (χ4n) is 3.97. The molecule has 40 heavy (non-hydrogen) atoms. The van der Waals surface area contributed by atoms with Gasteiger partial charge >= 0.3 is 11.9 Å². The van der Waals surface area contributed by atoms with Crippen LogP contribution in [0.25, 0.3) is 11.1 Å². The van der Waals surface area contributed by atoms with Crippen molar-refractivity contribution >= 4 is 35.1 Å². The summed E-state index contributed by atoms with van der Waals surface area (Å²) in [6.45, 7) is 7.22. The summed E-state index contributed by atoms with van der Waals surface area (Å²) in [5.74, 6) is 0.135. The van der Waals surface area contributed by atoms with Gasteiger partial charge in [0.05, 0.1) is 34.4 Å². The van der Waals surface area contributed by atoms with Crippen molar-refractivity contribution < 1.29 is 23.8 Å². The van der Waals surface area contributed by atoms with Crippen molar-refractivity contribution in [3.63, 3.8) is 0 Å². The average molecular weight is 586 g/mol. The van der Waals surface area contributed by atoms with Crippen molar-refractivity contribution in [2.24, 2.45) is 5.92 Å². The van der Waals surface area contributed by atoms with Crippen LogP contribution in [-0.2, 0) is 4.74 Å². The fourth-order valence-corrected chi connectivity index (χ4v) is 4.45. The van der Waals surface area contributed by atoms with Crippen LogP contribution < -0.4 is 9.47 Å². The summed E-state index contributed by atoms with van der Waals surface area (Å²) < 4.78 is 16.6. The standard InChI is InChI=1S/C33H38Cl2O5/c1-4-6-7-8-9-10-19-38-31-18-15-26(20-30(31)35)24-11-13-25(14-12-24)32(36)40-27-16-17-28(29(34)21-27)33(37)39-22-23(3)5-2/h11-18,20-21,23H,4-10,19,22H2,1-3H3/t23-/m0/s1. The number of ether oxygens (including phenoxy) is 3. The summed E-state index contributed by atoms with van der Waals surface area (Å²) in [6.07, 6.45) is 8.14. The Hall–Kier alpha value is -3.02. The number of rotatable bonds is 15. The van der Waals surface area contributed by atoms with Crippen molar-refractivity contribution in [2.75, 3.05) is 13.2 Å². The maximum atomic E-state index is 12.7. The smallest absolute Gasteiger partial charge is 0.343 e. The minimum Gasteiger partial charge on any atom is -0.492 e. The molecule has 0 spiro atoms. The quantitative estimate of drug-likeness (QED) is 0.101. The Labute approximate surface area is 247 Å². The Morgan fingerprint density at radius 2 is 1.48 bits per heavy atom. The number of benzene rings is 3. The van der Waals surface area contributed by atoms with Crippen LogP contribution in [-0.4, -0.2) is 25.2 Å². The van der Waals surface area contributed by atoms with E-state index in [9.17, 15) is 9.59 Å². The third-order valence-corrected chi connectivity index (χ3v) is 7.32. The zero-order valence-electron chi connectivity index (χ0n) is 23.5. The lowest BCUT2D eigenvalue weighted by Crippen LogP contribution is -2.12. The molecular weight excluding hydrogens is 547 g/mol. The van der Waals surface area contributed by atoms with Crippen molar-refractivity contribution in [3.8, 4) is 22.6 Å². The molecule has 7 heteroatoms. The van der Waals surface area contributed by atoms with E-state index >= 15 is 0 Å². The Balaban J connectivity index is 1.55. The Bertz CT molecular complexity index is 1260. The van der Waals surface area contributed by atoms with Crippen LogP contribution in [0.2, 0.25) is 10.0 Å². The van der Waals surface area contributed by atoms with E-state index in [1.807, 2.05) is 44.2 Å². The van der Waals surface area contributed by atoms with Gasteiger partial charge in [-0.1, -0.05) is 101 Å². The first-order chi connectivity index (χ1) is 19.3. The van der Waals surface area contributed by atoms with Crippen LogP contribution in [0.1, 0.15) is 86.4 Å². The zero-order chi connectivity index (χ0) is 28.9. The van der Waals surface area contributed by atoms with Gasteiger partial charge in [0, 0.05) is 6.07 Å². The van der Waals surface area contributed by atoms with Crippen molar-refractivity contribution in [3.05, 3.63) is 81.8 Å². The number of carbonyl (C=O) groups excluding carboxylic acids is 2. The lowest BCUT2D eigenvalue weighted by Gasteiger charge is -2.11. The highest BCUT2D eigenvalue weighted by atomic mass is 35.5. The molecule has 0 aliphatic heterocycles. The number of carbonyl (C=O) groups is 2. The van der Waals surface area contributed by atoms with Gasteiger partial charge in [-0.05, 0) is 59.9 Å². The summed E-state index contributed by atoms with van der Waals surface area (Å²) in [6, 6.07) is 17.2. The lowest BCUT2D eigenvalue weighted by molar-refractivity contribution is 0.0447. The van der Waals surface area contributed by atoms with Crippen LogP contribution in [0.15, 0.2) is 60.7 Å². The van der Waals surface area contributed by atoms with E-state index < -0.39 is 11.9 Å². The van der Waals surface area contributed by atoms with E-state index in [4.69, 9.17) is 37.4 Å². The van der Waals surface area contributed by atoms with E-state index in [0.29, 0.717) is 29.5 Å². The first kappa shape index (κ1) is 31.5. The number of hydrogen-bond acceptors (Lipinski definition) is 5. The first-order valence-corrected chi connectivity index (χ1v) is 14.8. The number of esters is 2. The maximum absolute atomic E-state index is 12.7. The first-order valence-electron chi connectivity index (χ1n) is 14.0. The molecule has 214 valence electrons. The molecule has 0 N–H and O–H groups in total. The third kappa shape index (κ3) is 9.57. The molecule has 0 saturated carbocycles. The van der Waals surface area contributed by atoms with E-state index in [0.717, 1.165) is 30.4 Å². The predicted octanol–water partition coefficient (Wildman–Crippen LogP) is 9.82. The van der Waals surface area contributed by atoms with E-state index in [-0.39, 0.29) is 22.3 Å². The van der Waals surface area contributed by atoms with Gasteiger partial charge in [-0.2, -0.15) is 0 Å². The van der Waals surface area contributed by atoms with Gasteiger partial charge in [0.25, 0.3) is 0 Å². The molecule has 0 radical (unpaired) electrons. The lowest BCUT2D eigenvalue weighted by atomic mass is 10.0. The molecule has 0 aliphatic rings. The normalized spacial score (nSPS) is 11.6. The third-order valence-electron chi connectivity index (χ3n) is 6.71. The minimum absolute atomic E-state index is 0.158. The van der Waals surface area contributed by atoms with Gasteiger partial charge in [-0.3, -0.25) is 0 Å². The van der Waals surface area contributed by atoms with Crippen LogP contribution in [0.4, 0.5) is 0 Å². The largest absolute Gasteiger partial charge is 0.492 e. The summed E-state index contributed by atoms with van der Waals surface area (Å²) in [4.78, 5) is 25.0. The molecule has 0 aliphatic carbocycles. The molecule has 0 aromatic heterocycles. The van der Waals surface area contributed by atoms with Crippen molar-refractivity contribution in [1.82, 2.24) is 0 Å². The van der Waals surface area contributed by atoms with Gasteiger partial charge in [0.2, 0.25) is 0 Å². The summed E-state index contributed by atoms with van der Waals surface area (Å²) in [5, 5.41) is 0.710. The van der Waals surface area contributed by atoms with Crippen LogP contribution in [0, 0.1) is 5.92 Å². The molecule has 0 bridgehead atoms. The number of unbranched alkanes of at least 4 members (excludes halogenated alkanes) is 5. The molecule has 0 saturated heterocycles. The van der Waals surface area contributed by atoms with E-state index in [1.165, 1.54) is 43.9 Å². The second-order valence-electron chi connectivity index (χ2n) is 9.98. The molecule has 0 unspecified atom stereocenters. The topological polar surface area (TPSA) is 61.8 Å². The van der Waals surface area contributed by atoms with Crippen LogP contribution >= 0.6 is 23.2 Å². The molecular formula is C33H38Cl2O5. The average Bonchev–Trinajstić information content (AvgIpc) is 2.96. The molecule has 3 aromatic carbocycles. The molecule has 0 amide bonds. The molecule has 0 heterocycles. The Morgan fingerprint density at radius 3 is 2.15 bits per heavy atom. The van der Waals surface area contributed by atoms with Crippen LogP contribution in [0.5, 0.6) is 11.5 Å². The van der Waals surface area contributed by atoms with Gasteiger partial charge in [0.1, 0.15) is 11.5 Å². The summed E-state index contributed by atoms with van der Waals surface area (Å²) in [5.41, 5.74) is 2.43. The van der Waals surface area contributed by atoms with E-state index in [2.05, 4.69) is 6.92 Å². The summed E-state index contributed by atoms with van der Waals surface area (Å²) >= 11 is 12.7. The van der Waals surface area contributed by atoms with Gasteiger partial charge in [-0.25, -0.2) is 9.59 Å². The molecule has 5 nitrogen and oxygen atoms in total. The SMILES string of the molecule is CCCCCCCCOc1ccc(-c2ccc(C(=O)Oc3ccc(C(=O)OC[C@@H](C)CC)c(Cl)c3)cc2)cc1Cl. The van der Waals surface area contributed by atoms with E-state index in [1.54, 1.807) is 12.1 Å². The molecule has 0 fully saturated rings. The van der Waals surface area contributed by atoms with Gasteiger partial charge in [0.15, 0.2) is 0 Å². The maximum Gasteiger partial charge on any atom is 0.343 e. The zero-order valence-corrected chi connectivity index (χ0v) is 25.0. The summed E-state index contributed by atoms with van der Waals surface area (Å²) in [7, 11) is 0. The highest BCUT2D eigenvalue weighted by molar-refractivity contribution is 6.33. The molecule has 3 rings (SSSR count). The van der Waals surface area contributed by atoms with Gasteiger partial charge in [-0.15, -0.1) is 0 Å². The monoisotopic (exact) mass is 584 g/mol. The minimum atomic E-state index is -0.536. The molecule has 1 atom stereocenters. The highest BCUT2D eigenvalue weighted by Gasteiger charge is 2.16. The second kappa shape index (κ2) is 16.3. The Kier molecular flexibility index (Phi) is 12.8. The predicted molar refractivity (Wildman–Crippen MR) is 162 cm³/mol. The number of hydrogen-bond donors (Lipinski definition) is 0. The Morgan fingerprint density at radius 1 is 0.775 bits per heavy atom.